The van der Waals surface area contributed by atoms with Crippen molar-refractivity contribution < 1.29 is 14.3 Å². The molecule has 0 spiro atoms. The molecule has 0 aliphatic carbocycles. The number of carbonyl (C=O) groups excluding carboxylic acids is 2. The number of thiophene rings is 1. The van der Waals surface area contributed by atoms with Gasteiger partial charge < -0.3 is 14.5 Å². The van der Waals surface area contributed by atoms with E-state index in [1.807, 2.05) is 0 Å². The minimum absolute atomic E-state index is 0.121. The normalized spacial score (nSPS) is 11.8. The Morgan fingerprint density at radius 3 is 2.33 bits per heavy atom. The first-order chi connectivity index (χ1) is 8.34. The van der Waals surface area contributed by atoms with Gasteiger partial charge in [0.1, 0.15) is 10.6 Å². The van der Waals surface area contributed by atoms with Crippen LogP contribution in [-0.4, -0.2) is 55.9 Å². The molecule has 0 unspecified atom stereocenters. The lowest BCUT2D eigenvalue weighted by molar-refractivity contribution is -0.135. The van der Waals surface area contributed by atoms with Crippen molar-refractivity contribution in [3.8, 4) is 5.75 Å². The summed E-state index contributed by atoms with van der Waals surface area (Å²) in [4.78, 5) is 27.0. The number of likely N-dealkylation sites (N-methyl/N-ethyl adjacent to an activating group) is 1. The number of ether oxygens (including phenoxy) is 1. The highest BCUT2D eigenvalue weighted by Crippen LogP contribution is 2.27. The van der Waals surface area contributed by atoms with Crippen LogP contribution in [0.15, 0.2) is 11.4 Å². The van der Waals surface area contributed by atoms with Crippen molar-refractivity contribution in [2.24, 2.45) is 0 Å². The lowest BCUT2D eigenvalue weighted by Crippen LogP contribution is -2.35. The van der Waals surface area contributed by atoms with E-state index in [0.717, 1.165) is 0 Å². The molecule has 100 valence electrons. The summed E-state index contributed by atoms with van der Waals surface area (Å²) in [5.74, 6) is 0.204. The van der Waals surface area contributed by atoms with E-state index in [0.29, 0.717) is 10.6 Å². The zero-order chi connectivity index (χ0) is 13.9. The first-order valence-corrected chi connectivity index (χ1v) is 6.39. The van der Waals surface area contributed by atoms with Crippen LogP contribution in [0.5, 0.6) is 5.75 Å². The van der Waals surface area contributed by atoms with Gasteiger partial charge in [0, 0.05) is 28.2 Å². The average Bonchev–Trinajstić information content (AvgIpc) is 2.74. The summed E-state index contributed by atoms with van der Waals surface area (Å²) in [5.41, 5.74) is 0. The molecule has 18 heavy (non-hydrogen) atoms. The van der Waals surface area contributed by atoms with Gasteiger partial charge in [-0.1, -0.05) is 0 Å². The van der Waals surface area contributed by atoms with Crippen molar-refractivity contribution in [3.05, 3.63) is 16.3 Å². The Morgan fingerprint density at radius 2 is 1.83 bits per heavy atom. The van der Waals surface area contributed by atoms with Gasteiger partial charge in [-0.15, -0.1) is 11.3 Å². The van der Waals surface area contributed by atoms with Crippen LogP contribution < -0.4 is 4.74 Å². The molecule has 0 fully saturated rings. The van der Waals surface area contributed by atoms with Crippen molar-refractivity contribution in [2.75, 3.05) is 28.2 Å². The fraction of sp³-hybridized carbons (Fsp3) is 0.500. The topological polar surface area (TPSA) is 49.9 Å². The van der Waals surface area contributed by atoms with Crippen molar-refractivity contribution >= 4 is 23.2 Å². The van der Waals surface area contributed by atoms with Crippen LogP contribution in [0.2, 0.25) is 0 Å². The minimum Gasteiger partial charge on any atom is -0.479 e. The third-order valence-corrected chi connectivity index (χ3v) is 3.21. The highest BCUT2D eigenvalue weighted by atomic mass is 32.1. The largest absolute Gasteiger partial charge is 0.479 e. The Balaban J connectivity index is 2.83. The summed E-state index contributed by atoms with van der Waals surface area (Å²) in [7, 11) is 6.70. The lowest BCUT2D eigenvalue weighted by Gasteiger charge is -2.18. The van der Waals surface area contributed by atoms with E-state index in [4.69, 9.17) is 4.74 Å². The predicted molar refractivity (Wildman–Crippen MR) is 71.1 cm³/mol. The van der Waals surface area contributed by atoms with Crippen LogP contribution in [0.1, 0.15) is 16.6 Å². The molecule has 0 saturated carbocycles. The molecule has 1 heterocycles. The van der Waals surface area contributed by atoms with E-state index in [-0.39, 0.29) is 11.8 Å². The Bertz CT molecular complexity index is 440. The molecule has 0 aliphatic heterocycles. The first-order valence-electron chi connectivity index (χ1n) is 5.51. The lowest BCUT2D eigenvalue weighted by atomic mass is 10.3. The number of hydrogen-bond donors (Lipinski definition) is 0. The highest BCUT2D eigenvalue weighted by molar-refractivity contribution is 7.12. The zero-order valence-electron chi connectivity index (χ0n) is 11.3. The Morgan fingerprint density at radius 1 is 1.22 bits per heavy atom. The molecule has 0 bridgehead atoms. The van der Waals surface area contributed by atoms with Gasteiger partial charge >= 0.3 is 0 Å². The average molecular weight is 270 g/mol. The van der Waals surface area contributed by atoms with Crippen LogP contribution in [-0.2, 0) is 4.79 Å². The summed E-state index contributed by atoms with van der Waals surface area (Å²) >= 11 is 1.31. The van der Waals surface area contributed by atoms with E-state index in [9.17, 15) is 9.59 Å². The number of carbonyl (C=O) groups is 2. The second-order valence-corrected chi connectivity index (χ2v) is 5.22. The first kappa shape index (κ1) is 14.5. The molecule has 0 radical (unpaired) electrons. The van der Waals surface area contributed by atoms with Crippen LogP contribution >= 0.6 is 11.3 Å². The molecule has 0 aromatic carbocycles. The van der Waals surface area contributed by atoms with Gasteiger partial charge in [-0.25, -0.2) is 0 Å². The van der Waals surface area contributed by atoms with Crippen molar-refractivity contribution in [1.82, 2.24) is 9.80 Å². The zero-order valence-corrected chi connectivity index (χ0v) is 12.1. The number of hydrogen-bond acceptors (Lipinski definition) is 4. The number of amides is 2. The summed E-state index contributed by atoms with van der Waals surface area (Å²) in [6.45, 7) is 1.67. The Labute approximate surface area is 111 Å². The Kier molecular flexibility index (Phi) is 4.72. The maximum absolute atomic E-state index is 11.9. The molecule has 0 aliphatic rings. The van der Waals surface area contributed by atoms with Crippen LogP contribution in [0.3, 0.4) is 0 Å². The molecule has 1 aromatic rings. The van der Waals surface area contributed by atoms with Crippen LogP contribution in [0, 0.1) is 0 Å². The molecular formula is C12H18N2O3S. The van der Waals surface area contributed by atoms with Gasteiger partial charge in [-0.3, -0.25) is 9.59 Å². The number of nitrogens with zero attached hydrogens (tertiary/aromatic N) is 2. The monoisotopic (exact) mass is 270 g/mol. The predicted octanol–water partition coefficient (Wildman–Crippen LogP) is 1.31. The van der Waals surface area contributed by atoms with Gasteiger partial charge in [0.2, 0.25) is 0 Å². The van der Waals surface area contributed by atoms with Gasteiger partial charge in [0.05, 0.1) is 0 Å². The van der Waals surface area contributed by atoms with E-state index in [1.165, 1.54) is 21.1 Å². The molecule has 5 nitrogen and oxygen atoms in total. The SMILES string of the molecule is C[C@H](Oc1ccsc1C(=O)N(C)C)C(=O)N(C)C. The van der Waals surface area contributed by atoms with Gasteiger partial charge in [-0.05, 0) is 18.4 Å². The van der Waals surface area contributed by atoms with Gasteiger partial charge in [0.25, 0.3) is 11.8 Å². The maximum atomic E-state index is 11.9. The number of rotatable bonds is 4. The molecule has 1 rings (SSSR count). The fourth-order valence-corrected chi connectivity index (χ4v) is 2.20. The third kappa shape index (κ3) is 3.22. The van der Waals surface area contributed by atoms with E-state index in [2.05, 4.69) is 0 Å². The Hall–Kier alpha value is -1.56. The standard InChI is InChI=1S/C12H18N2O3S/c1-8(11(15)13(2)3)17-9-6-7-18-10(9)12(16)14(4)5/h6-8H,1-5H3/t8-/m0/s1. The maximum Gasteiger partial charge on any atom is 0.267 e. The summed E-state index contributed by atoms with van der Waals surface area (Å²) < 4.78 is 5.55. The van der Waals surface area contributed by atoms with E-state index in [1.54, 1.807) is 46.6 Å². The minimum atomic E-state index is -0.608. The van der Waals surface area contributed by atoms with E-state index < -0.39 is 6.10 Å². The van der Waals surface area contributed by atoms with Crippen LogP contribution in [0.25, 0.3) is 0 Å². The second-order valence-electron chi connectivity index (χ2n) is 4.31. The molecule has 6 heteroatoms. The summed E-state index contributed by atoms with van der Waals surface area (Å²) in [5, 5.41) is 1.78. The molecular weight excluding hydrogens is 252 g/mol. The van der Waals surface area contributed by atoms with Gasteiger partial charge in [-0.2, -0.15) is 0 Å². The van der Waals surface area contributed by atoms with E-state index >= 15 is 0 Å². The molecule has 1 atom stereocenters. The summed E-state index contributed by atoms with van der Waals surface area (Å²) in [6, 6.07) is 1.71. The smallest absolute Gasteiger partial charge is 0.267 e. The molecule has 0 N–H and O–H groups in total. The summed E-state index contributed by atoms with van der Waals surface area (Å²) in [6.07, 6.45) is -0.608. The van der Waals surface area contributed by atoms with Crippen molar-refractivity contribution in [3.63, 3.8) is 0 Å². The molecule has 2 amide bonds. The fourth-order valence-electron chi connectivity index (χ4n) is 1.35. The van der Waals surface area contributed by atoms with Crippen molar-refractivity contribution in [1.29, 1.82) is 0 Å². The molecule has 1 aromatic heterocycles. The van der Waals surface area contributed by atoms with Gasteiger partial charge in [0.15, 0.2) is 6.10 Å². The third-order valence-electron chi connectivity index (χ3n) is 2.32. The van der Waals surface area contributed by atoms with Crippen LogP contribution in [0.4, 0.5) is 0 Å². The molecule has 0 saturated heterocycles. The highest BCUT2D eigenvalue weighted by Gasteiger charge is 2.21. The second kappa shape index (κ2) is 5.86. The van der Waals surface area contributed by atoms with Crippen molar-refractivity contribution in [2.45, 2.75) is 13.0 Å². The quantitative estimate of drug-likeness (QED) is 0.828.